The third kappa shape index (κ3) is 4.49. The van der Waals surface area contributed by atoms with E-state index in [1.807, 2.05) is 32.0 Å². The fourth-order valence-corrected chi connectivity index (χ4v) is 4.09. The topological polar surface area (TPSA) is 140 Å². The normalized spacial score (nSPS) is 11.9. The highest BCUT2D eigenvalue weighted by atomic mass is 31.2. The first-order valence-corrected chi connectivity index (χ1v) is 12.0. The van der Waals surface area contributed by atoms with E-state index in [2.05, 4.69) is 15.3 Å². The highest BCUT2D eigenvalue weighted by Crippen LogP contribution is 2.40. The number of aryl methyl sites for hydroxylation is 3. The van der Waals surface area contributed by atoms with Gasteiger partial charge in [0, 0.05) is 5.56 Å². The summed E-state index contributed by atoms with van der Waals surface area (Å²) in [5, 5.41) is 21.8. The van der Waals surface area contributed by atoms with Gasteiger partial charge in [-0.15, -0.1) is 10.2 Å². The summed E-state index contributed by atoms with van der Waals surface area (Å²) < 4.78 is 13.0. The van der Waals surface area contributed by atoms with Crippen LogP contribution in [-0.4, -0.2) is 24.7 Å². The molecule has 3 aromatic carbocycles. The van der Waals surface area contributed by atoms with Crippen molar-refractivity contribution < 1.29 is 19.5 Å². The van der Waals surface area contributed by atoms with E-state index in [0.29, 0.717) is 22.5 Å². The van der Waals surface area contributed by atoms with Gasteiger partial charge >= 0.3 is 7.60 Å². The molecule has 0 aliphatic rings. The molecule has 0 aliphatic carbocycles. The number of nitrogens with one attached hydrogen (secondary N) is 1. The molecule has 0 saturated heterocycles. The fraction of sp³-hybridized carbons (Fsp3) is 0.125. The van der Waals surface area contributed by atoms with Crippen LogP contribution in [0.5, 0.6) is 5.75 Å². The number of aromatic nitrogens is 2. The molecule has 0 spiro atoms. The number of aromatic amines is 1. The number of hydrogen-bond donors (Lipinski definition) is 4. The second-order valence-electron chi connectivity index (χ2n) is 7.96. The van der Waals surface area contributed by atoms with Gasteiger partial charge in [0.25, 0.3) is 5.56 Å². The molecule has 1 aromatic heterocycles. The van der Waals surface area contributed by atoms with Gasteiger partial charge < -0.3 is 14.9 Å². The second-order valence-corrected chi connectivity index (χ2v) is 9.57. The molecule has 0 fully saturated rings. The summed E-state index contributed by atoms with van der Waals surface area (Å²) in [4.78, 5) is 31.8. The van der Waals surface area contributed by atoms with Gasteiger partial charge in [0.2, 0.25) is 0 Å². The van der Waals surface area contributed by atoms with Crippen LogP contribution in [0.25, 0.3) is 16.8 Å². The first-order valence-electron chi connectivity index (χ1n) is 10.4. The van der Waals surface area contributed by atoms with E-state index in [1.165, 1.54) is 28.9 Å². The fourth-order valence-electron chi connectivity index (χ4n) is 3.51. The Kier molecular flexibility index (Phi) is 6.10. The maximum Gasteiger partial charge on any atom is 0.356 e. The zero-order valence-electron chi connectivity index (χ0n) is 18.7. The third-order valence-electron chi connectivity index (χ3n) is 5.56. The number of hydrogen-bond acceptors (Lipinski definition) is 5. The van der Waals surface area contributed by atoms with Crippen molar-refractivity contribution in [3.05, 3.63) is 87.8 Å². The molecule has 0 amide bonds. The highest BCUT2D eigenvalue weighted by molar-refractivity contribution is 7.60. The summed E-state index contributed by atoms with van der Waals surface area (Å²) in [6.07, 6.45) is 0. The zero-order chi connectivity index (χ0) is 24.6. The molecule has 0 aliphatic heterocycles. The molecule has 9 nitrogen and oxygen atoms in total. The average Bonchev–Trinajstić information content (AvgIpc) is 3.08. The van der Waals surface area contributed by atoms with Crippen molar-refractivity contribution in [2.24, 2.45) is 10.2 Å². The van der Waals surface area contributed by atoms with Gasteiger partial charge in [0.15, 0.2) is 11.4 Å². The lowest BCUT2D eigenvalue weighted by Gasteiger charge is -2.09. The molecule has 174 valence electrons. The van der Waals surface area contributed by atoms with Gasteiger partial charge in [0.05, 0.1) is 16.7 Å². The number of azo groups is 1. The maximum atomic E-state index is 13.0. The summed E-state index contributed by atoms with van der Waals surface area (Å²) >= 11 is 0. The molecule has 4 rings (SSSR count). The Balaban J connectivity index is 1.71. The Bertz CT molecular complexity index is 1530. The molecular weight excluding hydrogens is 455 g/mol. The Morgan fingerprint density at radius 2 is 1.65 bits per heavy atom. The van der Waals surface area contributed by atoms with Crippen molar-refractivity contribution in [2.75, 3.05) is 0 Å². The van der Waals surface area contributed by atoms with Crippen molar-refractivity contribution in [1.82, 2.24) is 9.78 Å². The number of phenols is 1. The van der Waals surface area contributed by atoms with Gasteiger partial charge in [0.1, 0.15) is 5.69 Å². The van der Waals surface area contributed by atoms with Crippen LogP contribution < -0.4 is 10.9 Å². The molecule has 0 atom stereocenters. The number of nitrogens with zero attached hydrogens (tertiary/aromatic N) is 3. The van der Waals surface area contributed by atoms with E-state index in [-0.39, 0.29) is 28.0 Å². The van der Waals surface area contributed by atoms with Crippen molar-refractivity contribution in [3.8, 4) is 22.6 Å². The minimum Gasteiger partial charge on any atom is -0.505 e. The zero-order valence-corrected chi connectivity index (χ0v) is 19.6. The number of aromatic hydroxyl groups is 1. The lowest BCUT2D eigenvalue weighted by molar-refractivity contribution is 0.387. The lowest BCUT2D eigenvalue weighted by Crippen LogP contribution is -2.14. The highest BCUT2D eigenvalue weighted by Gasteiger charge is 2.19. The van der Waals surface area contributed by atoms with Crippen molar-refractivity contribution in [1.29, 1.82) is 0 Å². The smallest absolute Gasteiger partial charge is 0.356 e. The number of H-pyrrole nitrogens is 1. The van der Waals surface area contributed by atoms with Crippen molar-refractivity contribution >= 4 is 24.3 Å². The van der Waals surface area contributed by atoms with Crippen LogP contribution in [-0.2, 0) is 4.57 Å². The van der Waals surface area contributed by atoms with E-state index in [0.717, 1.165) is 11.1 Å². The first-order chi connectivity index (χ1) is 16.1. The van der Waals surface area contributed by atoms with Crippen LogP contribution in [0.15, 0.2) is 75.7 Å². The number of rotatable bonds is 5. The first kappa shape index (κ1) is 23.4. The van der Waals surface area contributed by atoms with E-state index >= 15 is 0 Å². The van der Waals surface area contributed by atoms with E-state index in [9.17, 15) is 24.3 Å². The average molecular weight is 478 g/mol. The molecule has 0 radical (unpaired) electrons. The van der Waals surface area contributed by atoms with Gasteiger partial charge in [-0.1, -0.05) is 30.3 Å². The van der Waals surface area contributed by atoms with Crippen LogP contribution in [0.4, 0.5) is 11.4 Å². The minimum atomic E-state index is -4.45. The van der Waals surface area contributed by atoms with Crippen LogP contribution >= 0.6 is 7.60 Å². The van der Waals surface area contributed by atoms with Crippen molar-refractivity contribution in [2.45, 2.75) is 20.8 Å². The summed E-state index contributed by atoms with van der Waals surface area (Å²) in [6, 6.07) is 16.2. The predicted molar refractivity (Wildman–Crippen MR) is 130 cm³/mol. The lowest BCUT2D eigenvalue weighted by atomic mass is 10.0. The van der Waals surface area contributed by atoms with Gasteiger partial charge in [-0.05, 0) is 67.8 Å². The van der Waals surface area contributed by atoms with E-state index in [1.54, 1.807) is 25.1 Å². The predicted octanol–water partition coefficient (Wildman–Crippen LogP) is 4.68. The Labute approximate surface area is 195 Å². The van der Waals surface area contributed by atoms with Crippen LogP contribution in [0, 0.1) is 20.8 Å². The summed E-state index contributed by atoms with van der Waals surface area (Å²) in [6.45, 7) is 5.66. The van der Waals surface area contributed by atoms with Crippen LogP contribution in [0.2, 0.25) is 0 Å². The summed E-state index contributed by atoms with van der Waals surface area (Å²) in [5.74, 6) is -0.225. The SMILES string of the molecule is Cc1ccc(-n2[nH]c(C)c(N=Nc3cccc(-c4cccc(P(=O)(O)O)c4)c3O)c2=O)cc1C. The Morgan fingerprint density at radius 3 is 2.35 bits per heavy atom. The molecule has 1 heterocycles. The molecule has 4 aromatic rings. The van der Waals surface area contributed by atoms with E-state index in [4.69, 9.17) is 0 Å². The quantitative estimate of drug-likeness (QED) is 0.243. The Hall–Kier alpha value is -3.78. The van der Waals surface area contributed by atoms with Crippen LogP contribution in [0.3, 0.4) is 0 Å². The summed E-state index contributed by atoms with van der Waals surface area (Å²) in [5.41, 5.74) is 3.91. The van der Waals surface area contributed by atoms with Gasteiger partial charge in [-0.25, -0.2) is 4.68 Å². The number of para-hydroxylation sites is 1. The third-order valence-corrected chi connectivity index (χ3v) is 6.51. The molecule has 4 N–H and O–H groups in total. The molecule has 34 heavy (non-hydrogen) atoms. The minimum absolute atomic E-state index is 0.103. The Morgan fingerprint density at radius 1 is 0.912 bits per heavy atom. The molecular formula is C24H23N4O5P. The molecule has 0 saturated carbocycles. The van der Waals surface area contributed by atoms with E-state index < -0.39 is 7.60 Å². The largest absolute Gasteiger partial charge is 0.505 e. The molecule has 0 unspecified atom stereocenters. The number of phenolic OH excluding ortho intramolecular Hbond substituents is 1. The van der Waals surface area contributed by atoms with Crippen molar-refractivity contribution in [3.63, 3.8) is 0 Å². The monoisotopic (exact) mass is 478 g/mol. The maximum absolute atomic E-state index is 13.0. The molecule has 10 heteroatoms. The molecule has 0 bridgehead atoms. The van der Waals surface area contributed by atoms with Gasteiger partial charge in [-0.3, -0.25) is 14.5 Å². The standard InChI is InChI=1S/C24H23N4O5P/c1-14-10-11-18(12-15(14)2)28-24(30)22(16(3)27-28)26-25-21-9-5-8-20(23(21)29)17-6-4-7-19(13-17)34(31,32)33/h4-13,27,29H,1-3H3,(H2,31,32,33). The number of benzene rings is 3. The van der Waals surface area contributed by atoms with Crippen LogP contribution in [0.1, 0.15) is 16.8 Å². The second kappa shape index (κ2) is 8.87. The van der Waals surface area contributed by atoms with Gasteiger partial charge in [-0.2, -0.15) is 0 Å². The summed E-state index contributed by atoms with van der Waals surface area (Å²) in [7, 11) is -4.45.